The molecule has 1 amide bonds. The molecule has 10 heteroatoms. The van der Waals surface area contributed by atoms with Crippen LogP contribution in [0.4, 0.5) is 11.4 Å². The third kappa shape index (κ3) is 7.40. The molecule has 2 aliphatic rings. The number of amides is 1. The summed E-state index contributed by atoms with van der Waals surface area (Å²) in [7, 11) is 3.32. The van der Waals surface area contributed by atoms with Gasteiger partial charge in [-0.1, -0.05) is 35.9 Å². The molecule has 2 aliphatic heterocycles. The molecule has 0 spiro atoms. The molecule has 3 aromatic rings. The average molecular weight is 624 g/mol. The van der Waals surface area contributed by atoms with E-state index in [1.165, 1.54) is 18.7 Å². The van der Waals surface area contributed by atoms with Crippen molar-refractivity contribution in [3.05, 3.63) is 77.3 Å². The molecule has 0 saturated carbocycles. The van der Waals surface area contributed by atoms with Gasteiger partial charge in [0.15, 0.2) is 6.10 Å². The predicted octanol–water partition coefficient (Wildman–Crippen LogP) is 6.07. The summed E-state index contributed by atoms with van der Waals surface area (Å²) in [6.45, 7) is 6.62. The Kier molecular flexibility index (Phi) is 10.4. The van der Waals surface area contributed by atoms with Crippen molar-refractivity contribution < 1.29 is 23.8 Å². The van der Waals surface area contributed by atoms with Gasteiger partial charge in [-0.3, -0.25) is 14.5 Å². The van der Waals surface area contributed by atoms with E-state index in [9.17, 15) is 9.59 Å². The number of para-hydroxylation sites is 2. The maximum atomic E-state index is 14.1. The van der Waals surface area contributed by atoms with Gasteiger partial charge in [-0.2, -0.15) is 0 Å². The zero-order chi connectivity index (χ0) is 30.3. The normalized spacial score (nSPS) is 19.0. The standard InChI is InChI=1S/C33H38ClN3O5S/c1-23(38)42-31-32(24-10-13-26(40-2)14-11-24)43-30-22-25(34)12-15-28(30)37(33(31)39)17-7-6-16-35-18-20-36(21-19-35)27-8-4-5-9-29(27)41-3/h4-5,8-15,22,31-32H,6-7,16-21H2,1-3H3/t31?,32-/m0/s1. The van der Waals surface area contributed by atoms with Gasteiger partial charge in [0.2, 0.25) is 0 Å². The zero-order valence-corrected chi connectivity index (χ0v) is 26.4. The van der Waals surface area contributed by atoms with Crippen molar-refractivity contribution in [2.75, 3.05) is 63.3 Å². The number of methoxy groups -OCH3 is 2. The molecule has 43 heavy (non-hydrogen) atoms. The molecule has 5 rings (SSSR count). The minimum Gasteiger partial charge on any atom is -0.497 e. The van der Waals surface area contributed by atoms with Crippen molar-refractivity contribution in [1.29, 1.82) is 0 Å². The SMILES string of the molecule is COc1ccc([C@@H]2Sc3cc(Cl)ccc3N(CCCCN3CCN(c4ccccc4OC)CC3)C(=O)C2OC(C)=O)cc1. The summed E-state index contributed by atoms with van der Waals surface area (Å²) < 4.78 is 16.6. The topological polar surface area (TPSA) is 71.6 Å². The summed E-state index contributed by atoms with van der Waals surface area (Å²) >= 11 is 7.90. The van der Waals surface area contributed by atoms with Gasteiger partial charge in [0.1, 0.15) is 11.5 Å². The quantitative estimate of drug-likeness (QED) is 0.199. The molecule has 228 valence electrons. The number of hydrogen-bond acceptors (Lipinski definition) is 8. The molecule has 8 nitrogen and oxygen atoms in total. The highest BCUT2D eigenvalue weighted by Crippen LogP contribution is 2.47. The molecule has 1 unspecified atom stereocenters. The van der Waals surface area contributed by atoms with Crippen molar-refractivity contribution in [3.8, 4) is 11.5 Å². The van der Waals surface area contributed by atoms with Crippen LogP contribution < -0.4 is 19.3 Å². The molecule has 2 heterocycles. The fourth-order valence-corrected chi connectivity index (χ4v) is 7.27. The van der Waals surface area contributed by atoms with Gasteiger partial charge >= 0.3 is 5.97 Å². The van der Waals surface area contributed by atoms with Crippen LogP contribution in [-0.2, 0) is 14.3 Å². The number of benzene rings is 3. The van der Waals surface area contributed by atoms with Gasteiger partial charge in [-0.15, -0.1) is 11.8 Å². The van der Waals surface area contributed by atoms with Crippen molar-refractivity contribution in [1.82, 2.24) is 4.90 Å². The number of rotatable bonds is 10. The number of fused-ring (bicyclic) bond motifs is 1. The first-order valence-electron chi connectivity index (χ1n) is 14.6. The first-order valence-corrected chi connectivity index (χ1v) is 15.8. The van der Waals surface area contributed by atoms with Gasteiger partial charge in [0.05, 0.1) is 30.8 Å². The lowest BCUT2D eigenvalue weighted by Crippen LogP contribution is -2.47. The highest BCUT2D eigenvalue weighted by molar-refractivity contribution is 7.99. The second-order valence-electron chi connectivity index (χ2n) is 10.7. The maximum Gasteiger partial charge on any atom is 0.303 e. The Balaban J connectivity index is 1.26. The molecule has 0 radical (unpaired) electrons. The molecule has 3 aromatic carbocycles. The molecule has 1 fully saturated rings. The molecule has 1 saturated heterocycles. The third-order valence-electron chi connectivity index (χ3n) is 7.89. The lowest BCUT2D eigenvalue weighted by atomic mass is 10.1. The number of hydrogen-bond donors (Lipinski definition) is 0. The van der Waals surface area contributed by atoms with Gasteiger partial charge < -0.3 is 24.0 Å². The Hall–Kier alpha value is -3.40. The van der Waals surface area contributed by atoms with E-state index < -0.39 is 17.3 Å². The first kappa shape index (κ1) is 31.0. The van der Waals surface area contributed by atoms with Gasteiger partial charge in [0, 0.05) is 49.6 Å². The Bertz CT molecular complexity index is 1410. The second kappa shape index (κ2) is 14.4. The van der Waals surface area contributed by atoms with E-state index >= 15 is 0 Å². The minimum absolute atomic E-state index is 0.227. The number of piperazine rings is 1. The predicted molar refractivity (Wildman–Crippen MR) is 172 cm³/mol. The molecule has 0 aliphatic carbocycles. The van der Waals surface area contributed by atoms with E-state index in [1.807, 2.05) is 54.6 Å². The van der Waals surface area contributed by atoms with Gasteiger partial charge in [-0.25, -0.2) is 0 Å². The minimum atomic E-state index is -0.981. The number of carbonyl (C=O) groups is 2. The van der Waals surface area contributed by atoms with Crippen molar-refractivity contribution in [2.45, 2.75) is 36.0 Å². The smallest absolute Gasteiger partial charge is 0.303 e. The van der Waals surface area contributed by atoms with Gasteiger partial charge in [-0.05, 0) is 67.4 Å². The summed E-state index contributed by atoms with van der Waals surface area (Å²) in [4.78, 5) is 33.8. The average Bonchev–Trinajstić information content (AvgIpc) is 3.13. The fraction of sp³-hybridized carbons (Fsp3) is 0.394. The number of ether oxygens (including phenoxy) is 3. The summed E-state index contributed by atoms with van der Waals surface area (Å²) in [5.74, 6) is 0.895. The first-order chi connectivity index (χ1) is 20.9. The van der Waals surface area contributed by atoms with Crippen LogP contribution in [-0.4, -0.2) is 76.4 Å². The molecule has 0 N–H and O–H groups in total. The molecular formula is C33H38ClN3O5S. The fourth-order valence-electron chi connectivity index (χ4n) is 5.67. The van der Waals surface area contributed by atoms with Crippen LogP contribution in [0.1, 0.15) is 30.6 Å². The third-order valence-corrected chi connectivity index (χ3v) is 9.48. The summed E-state index contributed by atoms with van der Waals surface area (Å²) in [5, 5.41) is 0.148. The van der Waals surface area contributed by atoms with Crippen LogP contribution in [0.15, 0.2) is 71.6 Å². The van der Waals surface area contributed by atoms with E-state index in [1.54, 1.807) is 25.2 Å². The lowest BCUT2D eigenvalue weighted by Gasteiger charge is -2.36. The second-order valence-corrected chi connectivity index (χ2v) is 12.3. The Morgan fingerprint density at radius 2 is 1.63 bits per heavy atom. The largest absolute Gasteiger partial charge is 0.497 e. The van der Waals surface area contributed by atoms with Crippen LogP contribution in [0.5, 0.6) is 11.5 Å². The Morgan fingerprint density at radius 1 is 0.907 bits per heavy atom. The monoisotopic (exact) mass is 623 g/mol. The van der Waals surface area contributed by atoms with Crippen molar-refractivity contribution >= 4 is 46.6 Å². The summed E-state index contributed by atoms with van der Waals surface area (Å²) in [6, 6.07) is 21.2. The van der Waals surface area contributed by atoms with Crippen LogP contribution >= 0.6 is 23.4 Å². The van der Waals surface area contributed by atoms with E-state index in [0.717, 1.165) is 73.1 Å². The number of unbranched alkanes of at least 4 members (excludes halogenated alkanes) is 1. The number of carbonyl (C=O) groups excluding carboxylic acids is 2. The molecular weight excluding hydrogens is 586 g/mol. The van der Waals surface area contributed by atoms with E-state index in [2.05, 4.69) is 15.9 Å². The zero-order valence-electron chi connectivity index (χ0n) is 24.8. The number of esters is 1. The number of anilines is 2. The van der Waals surface area contributed by atoms with Crippen molar-refractivity contribution in [2.24, 2.45) is 0 Å². The van der Waals surface area contributed by atoms with E-state index in [-0.39, 0.29) is 5.91 Å². The van der Waals surface area contributed by atoms with Crippen LogP contribution in [0.2, 0.25) is 5.02 Å². The van der Waals surface area contributed by atoms with Crippen LogP contribution in [0.3, 0.4) is 0 Å². The van der Waals surface area contributed by atoms with Crippen LogP contribution in [0.25, 0.3) is 0 Å². The Morgan fingerprint density at radius 3 is 2.33 bits per heavy atom. The number of halogens is 1. The number of nitrogens with zero attached hydrogens (tertiary/aromatic N) is 3. The molecule has 0 bridgehead atoms. The number of thioether (sulfide) groups is 1. The van der Waals surface area contributed by atoms with E-state index in [4.69, 9.17) is 25.8 Å². The Labute approximate surface area is 262 Å². The van der Waals surface area contributed by atoms with E-state index in [0.29, 0.717) is 17.3 Å². The summed E-state index contributed by atoms with van der Waals surface area (Å²) in [5.41, 5.74) is 2.79. The molecule has 2 atom stereocenters. The van der Waals surface area contributed by atoms with Gasteiger partial charge in [0.25, 0.3) is 5.91 Å². The molecule has 0 aromatic heterocycles. The highest BCUT2D eigenvalue weighted by atomic mass is 35.5. The maximum absolute atomic E-state index is 14.1. The highest BCUT2D eigenvalue weighted by Gasteiger charge is 2.40. The lowest BCUT2D eigenvalue weighted by molar-refractivity contribution is -0.152. The van der Waals surface area contributed by atoms with Crippen molar-refractivity contribution in [3.63, 3.8) is 0 Å². The van der Waals surface area contributed by atoms with Crippen LogP contribution in [0, 0.1) is 0 Å². The summed E-state index contributed by atoms with van der Waals surface area (Å²) in [6.07, 6.45) is 0.768.